The van der Waals surface area contributed by atoms with Crippen LogP contribution in [0.3, 0.4) is 0 Å². The van der Waals surface area contributed by atoms with Gasteiger partial charge in [-0.15, -0.1) is 0 Å². The summed E-state index contributed by atoms with van der Waals surface area (Å²) in [7, 11) is 0. The predicted molar refractivity (Wildman–Crippen MR) is 138 cm³/mol. The molecule has 5 nitrogen and oxygen atoms in total. The van der Waals surface area contributed by atoms with Crippen molar-refractivity contribution in [2.75, 3.05) is 0 Å². The highest BCUT2D eigenvalue weighted by Gasteiger charge is 2.22. The van der Waals surface area contributed by atoms with Crippen LogP contribution in [-0.4, -0.2) is 11.8 Å². The minimum atomic E-state index is -0.421. The van der Waals surface area contributed by atoms with E-state index in [2.05, 4.69) is 16.7 Å². The Balaban J connectivity index is 1.67. The minimum absolute atomic E-state index is 0.0937. The number of hydrogen-bond acceptors (Lipinski definition) is 3. The molecule has 0 fully saturated rings. The van der Waals surface area contributed by atoms with Crippen molar-refractivity contribution in [3.05, 3.63) is 136 Å². The number of amides is 2. The van der Waals surface area contributed by atoms with Crippen LogP contribution in [0.4, 0.5) is 0 Å². The summed E-state index contributed by atoms with van der Waals surface area (Å²) in [5.74, 6) is -0.335. The molecule has 0 radical (unpaired) electrons. The number of nitrogens with one attached hydrogen (secondary N) is 2. The van der Waals surface area contributed by atoms with Crippen LogP contribution in [0.15, 0.2) is 101 Å². The highest BCUT2D eigenvalue weighted by Crippen LogP contribution is 2.26. The number of aryl methyl sites for hydroxylation is 3. The average Bonchev–Trinajstić information content (AvgIpc) is 3.36. The Hall–Kier alpha value is -4.38. The van der Waals surface area contributed by atoms with Gasteiger partial charge in [-0.3, -0.25) is 9.59 Å². The van der Waals surface area contributed by atoms with Gasteiger partial charge in [0, 0.05) is 11.6 Å². The Kier molecular flexibility index (Phi) is 7.27. The zero-order chi connectivity index (χ0) is 24.8. The number of benzene rings is 3. The van der Waals surface area contributed by atoms with E-state index in [4.69, 9.17) is 4.42 Å². The van der Waals surface area contributed by atoms with Crippen LogP contribution in [0.1, 0.15) is 50.0 Å². The molecule has 0 saturated heterocycles. The van der Waals surface area contributed by atoms with Gasteiger partial charge in [0.05, 0.1) is 12.3 Å². The quantitative estimate of drug-likeness (QED) is 0.336. The van der Waals surface area contributed by atoms with Gasteiger partial charge in [0.1, 0.15) is 11.5 Å². The van der Waals surface area contributed by atoms with E-state index in [9.17, 15) is 9.59 Å². The third-order valence-corrected chi connectivity index (χ3v) is 5.78. The fourth-order valence-corrected chi connectivity index (χ4v) is 3.92. The van der Waals surface area contributed by atoms with Crippen molar-refractivity contribution in [3.8, 4) is 0 Å². The highest BCUT2D eigenvalue weighted by atomic mass is 16.3. The molecule has 0 unspecified atom stereocenters. The fourth-order valence-electron chi connectivity index (χ4n) is 3.92. The van der Waals surface area contributed by atoms with Crippen molar-refractivity contribution < 1.29 is 14.0 Å². The Bertz CT molecular complexity index is 1340. The molecule has 4 rings (SSSR count). The summed E-state index contributed by atoms with van der Waals surface area (Å²) in [5, 5.41) is 5.90. The second-order valence-electron chi connectivity index (χ2n) is 8.57. The molecule has 0 aliphatic carbocycles. The van der Waals surface area contributed by atoms with E-state index in [1.54, 1.807) is 24.3 Å². The van der Waals surface area contributed by atoms with Gasteiger partial charge in [-0.2, -0.15) is 0 Å². The maximum Gasteiger partial charge on any atom is 0.268 e. The minimum Gasteiger partial charge on any atom is -0.465 e. The molecule has 0 aliphatic heterocycles. The monoisotopic (exact) mass is 464 g/mol. The summed E-state index contributed by atoms with van der Waals surface area (Å²) < 4.78 is 5.42. The molecule has 2 N–H and O–H groups in total. The lowest BCUT2D eigenvalue weighted by Crippen LogP contribution is -2.37. The second-order valence-corrected chi connectivity index (χ2v) is 8.57. The standard InChI is InChI=1S/C30H28N2O3/c1-20-11-14-24(15-12-20)29(33)31-27(19-25-10-7-17-35-25)30(34)32-28(23-8-5-4-6-9-23)26-16-13-21(2)18-22(26)3/h4-19,28H,1-3H3,(H,31,33)(H,32,34)/b27-19-/t28-/m0/s1. The number of carbonyl (C=O) groups excluding carboxylic acids is 2. The normalized spacial score (nSPS) is 12.1. The molecular weight excluding hydrogens is 436 g/mol. The largest absolute Gasteiger partial charge is 0.465 e. The lowest BCUT2D eigenvalue weighted by molar-refractivity contribution is -0.118. The van der Waals surface area contributed by atoms with Crippen LogP contribution < -0.4 is 10.6 Å². The molecule has 4 aromatic rings. The summed E-state index contributed by atoms with van der Waals surface area (Å²) in [5.41, 5.74) is 5.74. The van der Waals surface area contributed by atoms with E-state index in [1.807, 2.05) is 75.4 Å². The molecule has 1 heterocycles. The van der Waals surface area contributed by atoms with Crippen molar-refractivity contribution in [3.63, 3.8) is 0 Å². The molecule has 3 aromatic carbocycles. The van der Waals surface area contributed by atoms with Gasteiger partial charge in [0.2, 0.25) is 0 Å². The van der Waals surface area contributed by atoms with Gasteiger partial charge < -0.3 is 15.1 Å². The molecule has 176 valence electrons. The van der Waals surface area contributed by atoms with E-state index >= 15 is 0 Å². The van der Waals surface area contributed by atoms with Gasteiger partial charge in [0.25, 0.3) is 11.8 Å². The summed E-state index contributed by atoms with van der Waals surface area (Å²) in [4.78, 5) is 26.5. The van der Waals surface area contributed by atoms with Crippen LogP contribution in [0, 0.1) is 20.8 Å². The fraction of sp³-hybridized carbons (Fsp3) is 0.133. The Morgan fingerprint density at radius 3 is 2.20 bits per heavy atom. The molecule has 0 bridgehead atoms. The van der Waals surface area contributed by atoms with Crippen LogP contribution in [-0.2, 0) is 4.79 Å². The Morgan fingerprint density at radius 2 is 1.54 bits per heavy atom. The third kappa shape index (κ3) is 5.95. The smallest absolute Gasteiger partial charge is 0.268 e. The molecule has 0 aliphatic rings. The molecule has 35 heavy (non-hydrogen) atoms. The van der Waals surface area contributed by atoms with Gasteiger partial charge in [-0.05, 0) is 61.7 Å². The maximum absolute atomic E-state index is 13.6. The van der Waals surface area contributed by atoms with Crippen molar-refractivity contribution in [2.45, 2.75) is 26.8 Å². The molecule has 5 heteroatoms. The zero-order valence-electron chi connectivity index (χ0n) is 20.0. The van der Waals surface area contributed by atoms with E-state index in [0.29, 0.717) is 11.3 Å². The molecule has 1 aromatic heterocycles. The summed E-state index contributed by atoms with van der Waals surface area (Å²) in [6.45, 7) is 6.02. The van der Waals surface area contributed by atoms with Gasteiger partial charge in [-0.25, -0.2) is 0 Å². The van der Waals surface area contributed by atoms with E-state index in [1.165, 1.54) is 12.3 Å². The van der Waals surface area contributed by atoms with Gasteiger partial charge in [-0.1, -0.05) is 71.8 Å². The third-order valence-electron chi connectivity index (χ3n) is 5.78. The first-order valence-corrected chi connectivity index (χ1v) is 11.5. The van der Waals surface area contributed by atoms with Crippen LogP contribution in [0.25, 0.3) is 6.08 Å². The number of rotatable bonds is 7. The molecular formula is C30H28N2O3. The Morgan fingerprint density at radius 1 is 0.829 bits per heavy atom. The first kappa shape index (κ1) is 23.8. The van der Waals surface area contributed by atoms with Crippen molar-refractivity contribution in [2.24, 2.45) is 0 Å². The second kappa shape index (κ2) is 10.7. The first-order chi connectivity index (χ1) is 16.9. The topological polar surface area (TPSA) is 71.3 Å². The van der Waals surface area contributed by atoms with Crippen LogP contribution >= 0.6 is 0 Å². The van der Waals surface area contributed by atoms with Crippen LogP contribution in [0.2, 0.25) is 0 Å². The number of carbonyl (C=O) groups is 2. The van der Waals surface area contributed by atoms with Crippen molar-refractivity contribution in [1.29, 1.82) is 0 Å². The molecule has 2 amide bonds. The SMILES string of the molecule is Cc1ccc(C(=O)N/C(=C\c2ccco2)C(=O)N[C@@H](c2ccccc2)c2ccc(C)cc2C)cc1. The van der Waals surface area contributed by atoms with Crippen molar-refractivity contribution >= 4 is 17.9 Å². The summed E-state index contributed by atoms with van der Waals surface area (Å²) >= 11 is 0. The average molecular weight is 465 g/mol. The lowest BCUT2D eigenvalue weighted by atomic mass is 9.93. The lowest BCUT2D eigenvalue weighted by Gasteiger charge is -2.23. The molecule has 0 saturated carbocycles. The zero-order valence-corrected chi connectivity index (χ0v) is 20.0. The van der Waals surface area contributed by atoms with E-state index < -0.39 is 11.9 Å². The summed E-state index contributed by atoms with van der Waals surface area (Å²) in [6.07, 6.45) is 3.05. The first-order valence-electron chi connectivity index (χ1n) is 11.5. The van der Waals surface area contributed by atoms with Crippen molar-refractivity contribution in [1.82, 2.24) is 10.6 Å². The predicted octanol–water partition coefficient (Wildman–Crippen LogP) is 5.88. The molecule has 1 atom stereocenters. The number of hydrogen-bond donors (Lipinski definition) is 2. The summed E-state index contributed by atoms with van der Waals surface area (Å²) in [6, 6.07) is 26.2. The Labute approximate surface area is 205 Å². The van der Waals surface area contributed by atoms with Gasteiger partial charge in [0.15, 0.2) is 0 Å². The molecule has 0 spiro atoms. The maximum atomic E-state index is 13.6. The number of furan rings is 1. The van der Waals surface area contributed by atoms with E-state index in [0.717, 1.165) is 27.8 Å². The van der Waals surface area contributed by atoms with E-state index in [-0.39, 0.29) is 11.6 Å². The highest BCUT2D eigenvalue weighted by molar-refractivity contribution is 6.05. The van der Waals surface area contributed by atoms with Crippen LogP contribution in [0.5, 0.6) is 0 Å². The van der Waals surface area contributed by atoms with Gasteiger partial charge >= 0.3 is 0 Å².